The predicted octanol–water partition coefficient (Wildman–Crippen LogP) is 7.35. The van der Waals surface area contributed by atoms with Crippen molar-refractivity contribution >= 4 is 11.8 Å². The minimum Gasteiger partial charge on any atom is -0.508 e. The second-order valence-electron chi connectivity index (χ2n) is 7.24. The van der Waals surface area contributed by atoms with Crippen LogP contribution in [0, 0.1) is 11.8 Å². The van der Waals surface area contributed by atoms with Crippen molar-refractivity contribution in [3.8, 4) is 17.6 Å². The molecule has 152 valence electrons. The molecule has 3 aromatic rings. The predicted molar refractivity (Wildman–Crippen MR) is 129 cm³/mol. The van der Waals surface area contributed by atoms with Crippen molar-refractivity contribution < 1.29 is 5.11 Å². The lowest BCUT2D eigenvalue weighted by Crippen LogP contribution is -2.05. The van der Waals surface area contributed by atoms with Gasteiger partial charge in [0.25, 0.3) is 0 Å². The van der Waals surface area contributed by atoms with Crippen LogP contribution in [0.2, 0.25) is 0 Å². The Morgan fingerprint density at radius 3 is 2.53 bits per heavy atom. The summed E-state index contributed by atoms with van der Waals surface area (Å²) in [5, 5.41) is 9.98. The molecule has 30 heavy (non-hydrogen) atoms. The van der Waals surface area contributed by atoms with E-state index in [0.717, 1.165) is 34.6 Å². The smallest absolute Gasteiger partial charge is 0.116 e. The first-order valence-electron chi connectivity index (χ1n) is 10.4. The summed E-state index contributed by atoms with van der Waals surface area (Å²) >= 11 is 1.67. The van der Waals surface area contributed by atoms with Crippen LogP contribution in [-0.2, 0) is 12.8 Å². The maximum atomic E-state index is 9.98. The molecule has 0 aliphatic rings. The molecule has 1 N–H and O–H groups in total. The summed E-state index contributed by atoms with van der Waals surface area (Å²) in [5.74, 6) is 6.84. The molecular formula is C28H28OS. The van der Waals surface area contributed by atoms with Gasteiger partial charge in [-0.3, -0.25) is 0 Å². The molecule has 0 radical (unpaired) electrons. The molecule has 0 bridgehead atoms. The van der Waals surface area contributed by atoms with Gasteiger partial charge in [-0.1, -0.05) is 92.6 Å². The van der Waals surface area contributed by atoms with Gasteiger partial charge >= 0.3 is 0 Å². The van der Waals surface area contributed by atoms with Gasteiger partial charge in [0.15, 0.2) is 0 Å². The lowest BCUT2D eigenvalue weighted by molar-refractivity contribution is 0.473. The number of aryl methyl sites for hydroxylation is 1. The summed E-state index contributed by atoms with van der Waals surface area (Å²) in [5.41, 5.74) is 4.78. The number of benzene rings is 3. The Hall–Kier alpha value is -2.89. The van der Waals surface area contributed by atoms with Gasteiger partial charge in [0.1, 0.15) is 5.75 Å². The molecular weight excluding hydrogens is 384 g/mol. The van der Waals surface area contributed by atoms with E-state index in [4.69, 9.17) is 0 Å². The molecule has 0 fully saturated rings. The number of allylic oxidation sites excluding steroid dienone is 1. The molecule has 3 aromatic carbocycles. The summed E-state index contributed by atoms with van der Waals surface area (Å²) in [6.45, 7) is 8.65. The highest BCUT2D eigenvalue weighted by atomic mass is 32.2. The van der Waals surface area contributed by atoms with Gasteiger partial charge in [0, 0.05) is 22.8 Å². The maximum absolute atomic E-state index is 9.98. The van der Waals surface area contributed by atoms with Crippen LogP contribution in [0.4, 0.5) is 0 Å². The molecule has 0 aliphatic carbocycles. The maximum Gasteiger partial charge on any atom is 0.116 e. The van der Waals surface area contributed by atoms with Gasteiger partial charge in [-0.2, -0.15) is 0 Å². The first kappa shape index (κ1) is 21.8. The first-order chi connectivity index (χ1) is 14.6. The highest BCUT2D eigenvalue weighted by Crippen LogP contribution is 2.40. The third-order valence-corrected chi connectivity index (χ3v) is 6.19. The average Bonchev–Trinajstić information content (AvgIpc) is 2.77. The van der Waals surface area contributed by atoms with E-state index in [9.17, 15) is 5.11 Å². The van der Waals surface area contributed by atoms with Gasteiger partial charge in [-0.15, -0.1) is 0 Å². The van der Waals surface area contributed by atoms with Crippen molar-refractivity contribution in [1.82, 2.24) is 0 Å². The van der Waals surface area contributed by atoms with Crippen LogP contribution >= 0.6 is 11.8 Å². The van der Waals surface area contributed by atoms with Crippen LogP contribution in [0.1, 0.15) is 48.4 Å². The summed E-state index contributed by atoms with van der Waals surface area (Å²) in [4.78, 5) is 2.15. The van der Waals surface area contributed by atoms with Crippen LogP contribution in [0.15, 0.2) is 89.2 Å². The summed E-state index contributed by atoms with van der Waals surface area (Å²) in [6.07, 6.45) is 2.63. The largest absolute Gasteiger partial charge is 0.508 e. The minimum absolute atomic E-state index is 0.164. The van der Waals surface area contributed by atoms with Crippen molar-refractivity contribution in [1.29, 1.82) is 0 Å². The Morgan fingerprint density at radius 1 is 1.00 bits per heavy atom. The van der Waals surface area contributed by atoms with Gasteiger partial charge in [-0.05, 0) is 58.7 Å². The second-order valence-corrected chi connectivity index (χ2v) is 8.41. The van der Waals surface area contributed by atoms with Gasteiger partial charge < -0.3 is 5.11 Å². The van der Waals surface area contributed by atoms with Crippen LogP contribution in [0.5, 0.6) is 5.75 Å². The monoisotopic (exact) mass is 412 g/mol. The zero-order valence-electron chi connectivity index (χ0n) is 17.7. The van der Waals surface area contributed by atoms with Gasteiger partial charge in [0.2, 0.25) is 0 Å². The fourth-order valence-electron chi connectivity index (χ4n) is 3.45. The number of phenols is 1. The number of rotatable bonds is 7. The quantitative estimate of drug-likeness (QED) is 0.323. The van der Waals surface area contributed by atoms with Crippen molar-refractivity contribution in [2.24, 2.45) is 0 Å². The highest BCUT2D eigenvalue weighted by molar-refractivity contribution is 8.03. The van der Waals surface area contributed by atoms with Crippen molar-refractivity contribution in [3.63, 3.8) is 0 Å². The number of thioether (sulfide) groups is 1. The van der Waals surface area contributed by atoms with Gasteiger partial charge in [-0.25, -0.2) is 0 Å². The van der Waals surface area contributed by atoms with E-state index in [2.05, 4.69) is 80.8 Å². The summed E-state index contributed by atoms with van der Waals surface area (Å²) in [6, 6.07) is 24.6. The zero-order valence-corrected chi connectivity index (χ0v) is 18.5. The Morgan fingerprint density at radius 2 is 1.80 bits per heavy atom. The van der Waals surface area contributed by atoms with E-state index < -0.39 is 0 Å². The molecule has 2 heteroatoms. The molecule has 0 amide bonds. The van der Waals surface area contributed by atoms with Crippen molar-refractivity contribution in [2.45, 2.75) is 43.9 Å². The molecule has 1 unspecified atom stereocenters. The molecule has 0 aliphatic heterocycles. The molecule has 0 saturated carbocycles. The molecule has 0 spiro atoms. The van der Waals surface area contributed by atoms with E-state index in [1.165, 1.54) is 16.7 Å². The van der Waals surface area contributed by atoms with Crippen molar-refractivity contribution in [2.75, 3.05) is 0 Å². The fraction of sp³-hybridized carbons (Fsp3) is 0.214. The van der Waals surface area contributed by atoms with Crippen molar-refractivity contribution in [3.05, 3.63) is 107 Å². The molecule has 0 heterocycles. The molecule has 1 nitrogen and oxygen atoms in total. The van der Waals surface area contributed by atoms with E-state index >= 15 is 0 Å². The number of hydrogen-bond acceptors (Lipinski definition) is 2. The topological polar surface area (TPSA) is 20.2 Å². The molecule has 1 atom stereocenters. The molecule has 0 aromatic heterocycles. The fourth-order valence-corrected chi connectivity index (χ4v) is 4.62. The van der Waals surface area contributed by atoms with Crippen LogP contribution in [0.3, 0.4) is 0 Å². The third kappa shape index (κ3) is 5.81. The average molecular weight is 413 g/mol. The summed E-state index contributed by atoms with van der Waals surface area (Å²) in [7, 11) is 0. The Kier molecular flexibility index (Phi) is 7.82. The van der Waals surface area contributed by atoms with Crippen LogP contribution < -0.4 is 0 Å². The van der Waals surface area contributed by atoms with E-state index in [1.807, 2.05) is 18.2 Å². The Balaban J connectivity index is 1.90. The van der Waals surface area contributed by atoms with Crippen LogP contribution in [0.25, 0.3) is 0 Å². The molecule has 3 rings (SSSR count). The summed E-state index contributed by atoms with van der Waals surface area (Å²) < 4.78 is 0. The highest BCUT2D eigenvalue weighted by Gasteiger charge is 2.18. The number of hydrogen-bond donors (Lipinski definition) is 1. The van der Waals surface area contributed by atoms with E-state index in [0.29, 0.717) is 5.75 Å². The number of aromatic hydroxyl groups is 1. The van der Waals surface area contributed by atoms with Crippen LogP contribution in [-0.4, -0.2) is 5.11 Å². The number of phenolic OH excluding ortho intramolecular Hbond substituents is 1. The van der Waals surface area contributed by atoms with E-state index in [1.54, 1.807) is 17.8 Å². The standard InChI is InChI=1S/C28H28OS/c1-4-6-11-22-12-10-13-23(18-22)19-27(25-14-8-7-9-15-25)21(3)30-28-20-26(29)17-16-24(28)5-2/h7-10,12-18,20,27,29H,3-5,19H2,1-2H3. The minimum atomic E-state index is 0.164. The SMILES string of the molecule is C=C(Sc1cc(O)ccc1CC)C(Cc1cccc(C#CCC)c1)c1ccccc1. The first-order valence-corrected chi connectivity index (χ1v) is 11.2. The normalized spacial score (nSPS) is 11.4. The lowest BCUT2D eigenvalue weighted by Gasteiger charge is -2.21. The third-order valence-electron chi connectivity index (χ3n) is 5.04. The zero-order chi connectivity index (χ0) is 21.3. The Labute approximate surface area is 184 Å². The molecule has 0 saturated heterocycles. The lowest BCUT2D eigenvalue weighted by atomic mass is 9.91. The van der Waals surface area contributed by atoms with E-state index in [-0.39, 0.29) is 5.92 Å². The Bertz CT molecular complexity index is 1060. The second kappa shape index (κ2) is 10.8. The van der Waals surface area contributed by atoms with Gasteiger partial charge in [0.05, 0.1) is 0 Å².